The van der Waals surface area contributed by atoms with E-state index in [1.807, 2.05) is 0 Å². The molecule has 0 aliphatic rings. The Morgan fingerprint density at radius 1 is 0.871 bits per heavy atom. The van der Waals surface area contributed by atoms with Crippen LogP contribution in [-0.2, 0) is 0 Å². The number of aromatic nitrogens is 2. The van der Waals surface area contributed by atoms with E-state index in [9.17, 15) is 18.8 Å². The van der Waals surface area contributed by atoms with E-state index >= 15 is 0 Å². The van der Waals surface area contributed by atoms with Crippen LogP contribution in [0.3, 0.4) is 0 Å². The molecule has 4 rings (SSSR count). The number of hydrogen-bond donors (Lipinski definition) is 2. The summed E-state index contributed by atoms with van der Waals surface area (Å²) in [6.07, 6.45) is 2.92. The summed E-state index contributed by atoms with van der Waals surface area (Å²) in [6.45, 7) is 1.78. The standard InChI is InChI=1S/C24H17FN2O4/c1-14-5-10-19(31-14)13-21-24(30)26-20(23(29)27-21)12-15-3-2-4-17(11-15)22(28)16-6-8-18(25)9-7-16/h2-13H,1H3,(H,26,30)(H,27,29)/b20-12-,21-13-. The van der Waals surface area contributed by atoms with E-state index in [0.717, 1.165) is 0 Å². The Kier molecular flexibility index (Phi) is 5.32. The molecule has 0 saturated carbocycles. The number of benzene rings is 2. The number of aryl methyl sites for hydroxylation is 1. The summed E-state index contributed by atoms with van der Waals surface area (Å²) in [7, 11) is 0. The van der Waals surface area contributed by atoms with Gasteiger partial charge in [-0.05, 0) is 61.0 Å². The predicted molar refractivity (Wildman–Crippen MR) is 114 cm³/mol. The third-order valence-electron chi connectivity index (χ3n) is 4.60. The molecule has 0 aliphatic carbocycles. The Hall–Kier alpha value is -4.26. The van der Waals surface area contributed by atoms with Crippen LogP contribution in [0.4, 0.5) is 4.39 Å². The summed E-state index contributed by atoms with van der Waals surface area (Å²) in [5.74, 6) is 0.425. The second-order valence-electron chi connectivity index (χ2n) is 6.93. The molecule has 0 saturated heterocycles. The zero-order valence-electron chi connectivity index (χ0n) is 16.4. The number of nitrogens with one attached hydrogen (secondary N) is 2. The molecule has 7 heteroatoms. The summed E-state index contributed by atoms with van der Waals surface area (Å²) in [6, 6.07) is 15.3. The van der Waals surface area contributed by atoms with Crippen LogP contribution in [0.5, 0.6) is 0 Å². The number of rotatable bonds is 4. The minimum absolute atomic E-state index is 0.0455. The normalized spacial score (nSPS) is 12.3. The quantitative estimate of drug-likeness (QED) is 0.498. The predicted octanol–water partition coefficient (Wildman–Crippen LogP) is 1.99. The number of H-pyrrole nitrogens is 2. The van der Waals surface area contributed by atoms with Crippen LogP contribution in [0.15, 0.2) is 74.7 Å². The van der Waals surface area contributed by atoms with Gasteiger partial charge in [0.1, 0.15) is 28.0 Å². The second kappa shape index (κ2) is 8.23. The fourth-order valence-corrected chi connectivity index (χ4v) is 3.07. The van der Waals surface area contributed by atoms with Crippen molar-refractivity contribution in [3.05, 3.63) is 126 Å². The number of carbonyl (C=O) groups excluding carboxylic acids is 1. The highest BCUT2D eigenvalue weighted by molar-refractivity contribution is 6.09. The van der Waals surface area contributed by atoms with E-state index in [2.05, 4.69) is 9.97 Å². The van der Waals surface area contributed by atoms with E-state index in [0.29, 0.717) is 28.2 Å². The van der Waals surface area contributed by atoms with E-state index in [1.54, 1.807) is 43.3 Å². The molecule has 0 unspecified atom stereocenters. The van der Waals surface area contributed by atoms with Crippen molar-refractivity contribution in [3.8, 4) is 0 Å². The molecule has 0 atom stereocenters. The molecule has 0 fully saturated rings. The maximum absolute atomic E-state index is 13.1. The lowest BCUT2D eigenvalue weighted by molar-refractivity contribution is 0.103. The van der Waals surface area contributed by atoms with Crippen LogP contribution in [0.25, 0.3) is 12.2 Å². The van der Waals surface area contributed by atoms with Crippen molar-refractivity contribution in [2.75, 3.05) is 0 Å². The molecule has 0 amide bonds. The topological polar surface area (TPSA) is 95.9 Å². The van der Waals surface area contributed by atoms with Crippen molar-refractivity contribution in [3.63, 3.8) is 0 Å². The molecule has 0 aliphatic heterocycles. The second-order valence-corrected chi connectivity index (χ2v) is 6.93. The molecule has 31 heavy (non-hydrogen) atoms. The van der Waals surface area contributed by atoms with Gasteiger partial charge in [0.05, 0.1) is 0 Å². The fourth-order valence-electron chi connectivity index (χ4n) is 3.07. The molecule has 2 aromatic heterocycles. The van der Waals surface area contributed by atoms with Crippen molar-refractivity contribution in [1.29, 1.82) is 0 Å². The summed E-state index contributed by atoms with van der Waals surface area (Å²) < 4.78 is 18.5. The maximum atomic E-state index is 13.1. The van der Waals surface area contributed by atoms with E-state index in [4.69, 9.17) is 4.42 Å². The molecular weight excluding hydrogens is 399 g/mol. The highest BCUT2D eigenvalue weighted by atomic mass is 19.1. The van der Waals surface area contributed by atoms with Gasteiger partial charge < -0.3 is 14.4 Å². The van der Waals surface area contributed by atoms with Crippen LogP contribution in [0.2, 0.25) is 0 Å². The Labute approximate surface area is 175 Å². The van der Waals surface area contributed by atoms with E-state index in [-0.39, 0.29) is 16.5 Å². The third kappa shape index (κ3) is 4.51. The first-order chi connectivity index (χ1) is 14.9. The summed E-state index contributed by atoms with van der Waals surface area (Å²) in [5.41, 5.74) is 0.283. The van der Waals surface area contributed by atoms with Gasteiger partial charge in [-0.1, -0.05) is 18.2 Å². The summed E-state index contributed by atoms with van der Waals surface area (Å²) in [5, 5.41) is 0.112. The van der Waals surface area contributed by atoms with Gasteiger partial charge in [-0.25, -0.2) is 4.39 Å². The Balaban J connectivity index is 1.71. The number of ketones is 1. The van der Waals surface area contributed by atoms with Crippen molar-refractivity contribution in [2.45, 2.75) is 6.92 Å². The molecule has 4 aromatic rings. The first-order valence-electron chi connectivity index (χ1n) is 9.42. The van der Waals surface area contributed by atoms with Gasteiger partial charge in [-0.15, -0.1) is 0 Å². The Morgan fingerprint density at radius 2 is 1.55 bits per heavy atom. The minimum Gasteiger partial charge on any atom is -0.462 e. The van der Waals surface area contributed by atoms with Crippen LogP contribution < -0.4 is 21.8 Å². The average molecular weight is 416 g/mol. The fraction of sp³-hybridized carbons (Fsp3) is 0.0417. The van der Waals surface area contributed by atoms with Crippen LogP contribution in [-0.4, -0.2) is 15.8 Å². The number of halogens is 1. The minimum atomic E-state index is -0.496. The van der Waals surface area contributed by atoms with Gasteiger partial charge in [-0.2, -0.15) is 0 Å². The molecule has 0 spiro atoms. The molecular formula is C24H17FN2O4. The van der Waals surface area contributed by atoms with E-state index in [1.165, 1.54) is 36.4 Å². The van der Waals surface area contributed by atoms with Crippen molar-refractivity contribution in [2.24, 2.45) is 0 Å². The largest absolute Gasteiger partial charge is 0.462 e. The maximum Gasteiger partial charge on any atom is 0.272 e. The molecule has 154 valence electrons. The smallest absolute Gasteiger partial charge is 0.272 e. The van der Waals surface area contributed by atoms with Crippen molar-refractivity contribution >= 4 is 17.9 Å². The summed E-state index contributed by atoms with van der Waals surface area (Å²) in [4.78, 5) is 42.6. The van der Waals surface area contributed by atoms with Gasteiger partial charge in [0.15, 0.2) is 5.78 Å². The van der Waals surface area contributed by atoms with Gasteiger partial charge in [-0.3, -0.25) is 14.4 Å². The monoisotopic (exact) mass is 416 g/mol. The molecule has 2 heterocycles. The molecule has 6 nitrogen and oxygen atoms in total. The molecule has 0 bridgehead atoms. The average Bonchev–Trinajstić information content (AvgIpc) is 3.16. The molecule has 2 aromatic carbocycles. The first kappa shape index (κ1) is 20.0. The number of hydrogen-bond acceptors (Lipinski definition) is 4. The summed E-state index contributed by atoms with van der Waals surface area (Å²) >= 11 is 0. The van der Waals surface area contributed by atoms with Crippen LogP contribution in [0, 0.1) is 12.7 Å². The molecule has 2 N–H and O–H groups in total. The van der Waals surface area contributed by atoms with Gasteiger partial charge in [0, 0.05) is 17.2 Å². The lowest BCUT2D eigenvalue weighted by atomic mass is 10.0. The van der Waals surface area contributed by atoms with Crippen molar-refractivity contribution < 1.29 is 13.6 Å². The Bertz CT molecular complexity index is 1510. The zero-order chi connectivity index (χ0) is 22.0. The number of furan rings is 1. The number of carbonyl (C=O) groups is 1. The lowest BCUT2D eigenvalue weighted by Gasteiger charge is -2.02. The Morgan fingerprint density at radius 3 is 2.19 bits per heavy atom. The highest BCUT2D eigenvalue weighted by Crippen LogP contribution is 2.13. The van der Waals surface area contributed by atoms with Crippen LogP contribution >= 0.6 is 0 Å². The van der Waals surface area contributed by atoms with Gasteiger partial charge >= 0.3 is 0 Å². The highest BCUT2D eigenvalue weighted by Gasteiger charge is 2.09. The lowest BCUT2D eigenvalue weighted by Crippen LogP contribution is -2.46. The molecule has 0 radical (unpaired) electrons. The third-order valence-corrected chi connectivity index (χ3v) is 4.60. The van der Waals surface area contributed by atoms with Crippen LogP contribution in [0.1, 0.15) is 33.0 Å². The first-order valence-corrected chi connectivity index (χ1v) is 9.42. The van der Waals surface area contributed by atoms with E-state index < -0.39 is 16.9 Å². The number of aromatic amines is 2. The zero-order valence-corrected chi connectivity index (χ0v) is 16.4. The van der Waals surface area contributed by atoms with Crippen molar-refractivity contribution in [1.82, 2.24) is 9.97 Å². The van der Waals surface area contributed by atoms with Gasteiger partial charge in [0.25, 0.3) is 11.1 Å². The SMILES string of the molecule is Cc1ccc(/C=c2\[nH]c(=O)/c(=C/c3cccc(C(=O)c4ccc(F)cc4)c3)[nH]c2=O)o1. The van der Waals surface area contributed by atoms with Gasteiger partial charge in [0.2, 0.25) is 0 Å².